The molecule has 9 nitrogen and oxygen atoms in total. The van der Waals surface area contributed by atoms with Gasteiger partial charge in [0, 0.05) is 49.9 Å². The van der Waals surface area contributed by atoms with Gasteiger partial charge in [0.25, 0.3) is 11.5 Å². The first kappa shape index (κ1) is 21.6. The number of fused-ring (bicyclic) bond motifs is 1. The van der Waals surface area contributed by atoms with E-state index in [2.05, 4.69) is 20.3 Å². The van der Waals surface area contributed by atoms with Gasteiger partial charge in [-0.3, -0.25) is 18.8 Å². The molecule has 2 aliphatic rings. The van der Waals surface area contributed by atoms with Gasteiger partial charge in [-0.2, -0.15) is 10.1 Å². The molecule has 2 fully saturated rings. The average molecular weight is 450 g/mol. The number of nitrogens with zero attached hydrogens (tertiary/aromatic N) is 6. The van der Waals surface area contributed by atoms with Crippen LogP contribution in [0.2, 0.25) is 0 Å². The van der Waals surface area contributed by atoms with Crippen LogP contribution in [0.3, 0.4) is 0 Å². The summed E-state index contributed by atoms with van der Waals surface area (Å²) >= 11 is 0. The summed E-state index contributed by atoms with van der Waals surface area (Å²) in [5, 5.41) is 8.34. The summed E-state index contributed by atoms with van der Waals surface area (Å²) in [5.74, 6) is 0.570. The quantitative estimate of drug-likeness (QED) is 0.658. The van der Waals surface area contributed by atoms with E-state index in [4.69, 9.17) is 4.98 Å². The molecule has 1 saturated carbocycles. The minimum atomic E-state index is -0.0884. The molecule has 1 N–H and O–H groups in total. The van der Waals surface area contributed by atoms with Gasteiger partial charge in [0.2, 0.25) is 5.95 Å². The third-order valence-electron chi connectivity index (χ3n) is 7.02. The number of aromatic nitrogens is 5. The summed E-state index contributed by atoms with van der Waals surface area (Å²) < 4.78 is 3.51. The zero-order valence-electron chi connectivity index (χ0n) is 19.5. The van der Waals surface area contributed by atoms with Crippen LogP contribution >= 0.6 is 0 Å². The van der Waals surface area contributed by atoms with Crippen molar-refractivity contribution in [2.45, 2.75) is 64.5 Å². The van der Waals surface area contributed by atoms with Crippen molar-refractivity contribution in [2.75, 3.05) is 18.0 Å². The van der Waals surface area contributed by atoms with Gasteiger partial charge in [0.1, 0.15) is 11.3 Å². The number of carbonyl (C=O) groups excluding carboxylic acids is 1. The summed E-state index contributed by atoms with van der Waals surface area (Å²) in [5.41, 5.74) is 3.11. The molecule has 0 unspecified atom stereocenters. The molecular weight excluding hydrogens is 418 g/mol. The van der Waals surface area contributed by atoms with Gasteiger partial charge < -0.3 is 10.2 Å². The van der Waals surface area contributed by atoms with E-state index in [0.29, 0.717) is 11.6 Å². The van der Waals surface area contributed by atoms with Crippen molar-refractivity contribution in [2.24, 2.45) is 7.05 Å². The summed E-state index contributed by atoms with van der Waals surface area (Å²) in [7, 11) is 1.79. The Balaban J connectivity index is 1.33. The van der Waals surface area contributed by atoms with Crippen molar-refractivity contribution < 1.29 is 4.79 Å². The van der Waals surface area contributed by atoms with Crippen LogP contribution in [0.1, 0.15) is 66.3 Å². The molecule has 33 heavy (non-hydrogen) atoms. The van der Waals surface area contributed by atoms with E-state index in [0.717, 1.165) is 73.9 Å². The van der Waals surface area contributed by atoms with Crippen LogP contribution in [-0.4, -0.2) is 49.4 Å². The van der Waals surface area contributed by atoms with Crippen LogP contribution in [0.4, 0.5) is 5.95 Å². The number of nitrogens with one attached hydrogen (secondary N) is 1. The summed E-state index contributed by atoms with van der Waals surface area (Å²) in [4.78, 5) is 37.2. The minimum Gasteiger partial charge on any atom is -0.348 e. The molecule has 174 valence electrons. The normalized spacial score (nSPS) is 17.7. The molecule has 0 bridgehead atoms. The van der Waals surface area contributed by atoms with Crippen molar-refractivity contribution in [3.63, 3.8) is 0 Å². The second-order valence-electron chi connectivity index (χ2n) is 9.41. The first-order valence-corrected chi connectivity index (χ1v) is 11.9. The predicted octanol–water partition coefficient (Wildman–Crippen LogP) is 2.66. The Morgan fingerprint density at radius 3 is 2.48 bits per heavy atom. The average Bonchev–Trinajstić information content (AvgIpc) is 3.43. The first-order valence-electron chi connectivity index (χ1n) is 11.9. The largest absolute Gasteiger partial charge is 0.348 e. The Hall–Kier alpha value is -3.23. The van der Waals surface area contributed by atoms with E-state index in [1.807, 2.05) is 24.6 Å². The van der Waals surface area contributed by atoms with Crippen molar-refractivity contribution in [1.29, 1.82) is 0 Å². The fourth-order valence-corrected chi connectivity index (χ4v) is 5.24. The number of hydrogen-bond acceptors (Lipinski definition) is 6. The number of hydrogen-bond donors (Lipinski definition) is 1. The number of piperidine rings is 1. The van der Waals surface area contributed by atoms with Crippen LogP contribution < -0.4 is 15.8 Å². The van der Waals surface area contributed by atoms with Gasteiger partial charge in [-0.1, -0.05) is 12.8 Å². The molecule has 1 aliphatic heterocycles. The summed E-state index contributed by atoms with van der Waals surface area (Å²) in [6.45, 7) is 5.33. The molecule has 0 aromatic carbocycles. The highest BCUT2D eigenvalue weighted by Crippen LogP contribution is 2.31. The van der Waals surface area contributed by atoms with Gasteiger partial charge >= 0.3 is 0 Å². The van der Waals surface area contributed by atoms with Crippen molar-refractivity contribution >= 4 is 22.9 Å². The van der Waals surface area contributed by atoms with Gasteiger partial charge in [0.15, 0.2) is 0 Å². The van der Waals surface area contributed by atoms with E-state index < -0.39 is 0 Å². The predicted molar refractivity (Wildman–Crippen MR) is 127 cm³/mol. The Morgan fingerprint density at radius 2 is 1.82 bits per heavy atom. The van der Waals surface area contributed by atoms with Crippen LogP contribution in [-0.2, 0) is 7.05 Å². The van der Waals surface area contributed by atoms with Crippen molar-refractivity contribution in [3.05, 3.63) is 45.6 Å². The Morgan fingerprint density at radius 1 is 1.09 bits per heavy atom. The third-order valence-corrected chi connectivity index (χ3v) is 7.02. The second kappa shape index (κ2) is 8.61. The standard InChI is InChI=1S/C24H31N7O2/c1-15-12-21(32)31(18-6-4-5-7-18)22-19(15)14-25-24(27-22)30-10-8-17(9-11-30)26-23(33)20-13-16(2)28-29(20)3/h12-14,17-18H,4-11H2,1-3H3,(H,26,33). The molecule has 1 amide bonds. The molecule has 3 aromatic heterocycles. The molecule has 0 radical (unpaired) electrons. The van der Waals surface area contributed by atoms with E-state index in [1.54, 1.807) is 23.9 Å². The lowest BCUT2D eigenvalue weighted by molar-refractivity contribution is 0.0921. The minimum absolute atomic E-state index is 0.0309. The fourth-order valence-electron chi connectivity index (χ4n) is 5.24. The van der Waals surface area contributed by atoms with E-state index in [9.17, 15) is 9.59 Å². The second-order valence-corrected chi connectivity index (χ2v) is 9.41. The maximum atomic E-state index is 12.9. The Kier molecular flexibility index (Phi) is 5.64. The van der Waals surface area contributed by atoms with E-state index in [1.165, 1.54) is 0 Å². The van der Waals surface area contributed by atoms with Crippen molar-refractivity contribution in [1.82, 2.24) is 29.6 Å². The number of pyridine rings is 1. The summed E-state index contributed by atoms with van der Waals surface area (Å²) in [6, 6.07) is 3.84. The number of rotatable bonds is 4. The zero-order chi connectivity index (χ0) is 23.1. The first-order chi connectivity index (χ1) is 15.9. The Labute approximate surface area is 192 Å². The Bertz CT molecular complexity index is 1250. The zero-order valence-corrected chi connectivity index (χ0v) is 19.5. The number of aryl methyl sites for hydroxylation is 3. The fraction of sp³-hybridized carbons (Fsp3) is 0.542. The highest BCUT2D eigenvalue weighted by atomic mass is 16.2. The molecule has 3 aromatic rings. The lowest BCUT2D eigenvalue weighted by Crippen LogP contribution is -2.45. The molecule has 0 spiro atoms. The highest BCUT2D eigenvalue weighted by Gasteiger charge is 2.26. The van der Waals surface area contributed by atoms with Crippen LogP contribution in [0.15, 0.2) is 23.1 Å². The maximum absolute atomic E-state index is 12.9. The lowest BCUT2D eigenvalue weighted by atomic mass is 10.1. The summed E-state index contributed by atoms with van der Waals surface area (Å²) in [6.07, 6.45) is 7.85. The van der Waals surface area contributed by atoms with Crippen LogP contribution in [0, 0.1) is 13.8 Å². The molecule has 1 saturated heterocycles. The number of anilines is 1. The molecule has 9 heteroatoms. The lowest BCUT2D eigenvalue weighted by Gasteiger charge is -2.32. The van der Waals surface area contributed by atoms with E-state index in [-0.39, 0.29) is 23.6 Å². The SMILES string of the molecule is Cc1cc(C(=O)NC2CCN(c3ncc4c(C)cc(=O)n(C5CCCC5)c4n3)CC2)n(C)n1. The molecule has 4 heterocycles. The van der Waals surface area contributed by atoms with Crippen molar-refractivity contribution in [3.8, 4) is 0 Å². The topological polar surface area (TPSA) is 97.9 Å². The van der Waals surface area contributed by atoms with Crippen LogP contribution in [0.25, 0.3) is 11.0 Å². The third kappa shape index (κ3) is 4.12. The van der Waals surface area contributed by atoms with Gasteiger partial charge in [-0.15, -0.1) is 0 Å². The maximum Gasteiger partial charge on any atom is 0.269 e. The van der Waals surface area contributed by atoms with Crippen LogP contribution in [0.5, 0.6) is 0 Å². The molecule has 5 rings (SSSR count). The van der Waals surface area contributed by atoms with Gasteiger partial charge in [-0.05, 0) is 51.2 Å². The smallest absolute Gasteiger partial charge is 0.269 e. The number of amides is 1. The molecule has 1 aliphatic carbocycles. The monoisotopic (exact) mass is 449 g/mol. The molecule has 0 atom stereocenters. The highest BCUT2D eigenvalue weighted by molar-refractivity contribution is 5.92. The van der Waals surface area contributed by atoms with Gasteiger partial charge in [-0.25, -0.2) is 4.98 Å². The number of carbonyl (C=O) groups is 1. The van der Waals surface area contributed by atoms with Gasteiger partial charge in [0.05, 0.1) is 5.69 Å². The van der Waals surface area contributed by atoms with E-state index >= 15 is 0 Å². The molecular formula is C24H31N7O2.